The molecule has 0 saturated heterocycles. The second-order valence-corrected chi connectivity index (χ2v) is 6.17. The minimum Gasteiger partial charge on any atom is -0.496 e. The Morgan fingerprint density at radius 3 is 2.41 bits per heavy atom. The second-order valence-electron chi connectivity index (χ2n) is 5.76. The maximum atomic E-state index is 12.7. The van der Waals surface area contributed by atoms with Crippen LogP contribution in [0.4, 0.5) is 5.69 Å². The van der Waals surface area contributed by atoms with Crippen molar-refractivity contribution in [2.24, 2.45) is 5.73 Å². The van der Waals surface area contributed by atoms with Gasteiger partial charge in [-0.3, -0.25) is 9.59 Å². The van der Waals surface area contributed by atoms with Crippen LogP contribution >= 0.6 is 11.6 Å². The zero-order valence-corrected chi connectivity index (χ0v) is 15.3. The van der Waals surface area contributed by atoms with Crippen LogP contribution in [0.3, 0.4) is 0 Å². The Labute approximate surface area is 161 Å². The number of hydrogen-bond acceptors (Lipinski definition) is 3. The van der Waals surface area contributed by atoms with E-state index in [-0.39, 0.29) is 22.2 Å². The zero-order chi connectivity index (χ0) is 19.4. The maximum absolute atomic E-state index is 12.7. The molecular weight excluding hydrogens is 364 g/mol. The van der Waals surface area contributed by atoms with E-state index in [0.29, 0.717) is 11.3 Å². The molecule has 2 amide bonds. The van der Waals surface area contributed by atoms with Crippen LogP contribution in [0.1, 0.15) is 20.7 Å². The third-order valence-electron chi connectivity index (χ3n) is 4.05. The molecule has 3 aromatic rings. The van der Waals surface area contributed by atoms with Gasteiger partial charge >= 0.3 is 0 Å². The summed E-state index contributed by atoms with van der Waals surface area (Å²) in [5.41, 5.74) is 7.82. The summed E-state index contributed by atoms with van der Waals surface area (Å²) >= 11 is 6.03. The molecule has 0 spiro atoms. The fourth-order valence-corrected chi connectivity index (χ4v) is 3.03. The Balaban J connectivity index is 1.97. The van der Waals surface area contributed by atoms with E-state index in [2.05, 4.69) is 5.32 Å². The summed E-state index contributed by atoms with van der Waals surface area (Å²) in [6.45, 7) is 0. The molecule has 3 rings (SSSR count). The summed E-state index contributed by atoms with van der Waals surface area (Å²) < 4.78 is 5.41. The van der Waals surface area contributed by atoms with Gasteiger partial charge in [0.05, 0.1) is 23.4 Å². The van der Waals surface area contributed by atoms with Crippen molar-refractivity contribution in [2.45, 2.75) is 0 Å². The summed E-state index contributed by atoms with van der Waals surface area (Å²) in [7, 11) is 1.58. The third-order valence-corrected chi connectivity index (χ3v) is 4.37. The van der Waals surface area contributed by atoms with Gasteiger partial charge in [-0.15, -0.1) is 0 Å². The molecule has 0 aliphatic heterocycles. The molecule has 0 aromatic heterocycles. The normalized spacial score (nSPS) is 10.3. The maximum Gasteiger partial charge on any atom is 0.255 e. The van der Waals surface area contributed by atoms with Crippen LogP contribution in [0.15, 0.2) is 66.7 Å². The number of methoxy groups -OCH3 is 1. The van der Waals surface area contributed by atoms with Crippen LogP contribution in [0, 0.1) is 0 Å². The predicted molar refractivity (Wildman–Crippen MR) is 106 cm³/mol. The Kier molecular flexibility index (Phi) is 5.43. The molecule has 0 unspecified atom stereocenters. The third kappa shape index (κ3) is 3.93. The topological polar surface area (TPSA) is 81.4 Å². The highest BCUT2D eigenvalue weighted by atomic mass is 35.5. The number of benzene rings is 3. The molecular formula is C21H17ClN2O3. The van der Waals surface area contributed by atoms with E-state index in [1.54, 1.807) is 37.4 Å². The largest absolute Gasteiger partial charge is 0.496 e. The second kappa shape index (κ2) is 7.93. The van der Waals surface area contributed by atoms with E-state index in [4.69, 9.17) is 22.1 Å². The van der Waals surface area contributed by atoms with Crippen molar-refractivity contribution in [1.29, 1.82) is 0 Å². The number of amides is 2. The van der Waals surface area contributed by atoms with E-state index >= 15 is 0 Å². The summed E-state index contributed by atoms with van der Waals surface area (Å²) in [6, 6.07) is 19.5. The first-order valence-corrected chi connectivity index (χ1v) is 8.52. The van der Waals surface area contributed by atoms with E-state index < -0.39 is 5.91 Å². The monoisotopic (exact) mass is 380 g/mol. The van der Waals surface area contributed by atoms with Gasteiger partial charge in [-0.1, -0.05) is 48.0 Å². The highest BCUT2D eigenvalue weighted by Gasteiger charge is 2.17. The molecule has 27 heavy (non-hydrogen) atoms. The first-order chi connectivity index (χ1) is 13.0. The molecule has 0 bridgehead atoms. The average Bonchev–Trinajstić information content (AvgIpc) is 2.68. The van der Waals surface area contributed by atoms with Crippen LogP contribution in [-0.2, 0) is 0 Å². The molecule has 5 nitrogen and oxygen atoms in total. The molecule has 3 aromatic carbocycles. The van der Waals surface area contributed by atoms with Gasteiger partial charge in [-0.2, -0.15) is 0 Å². The van der Waals surface area contributed by atoms with Gasteiger partial charge in [0.2, 0.25) is 0 Å². The smallest absolute Gasteiger partial charge is 0.255 e. The van der Waals surface area contributed by atoms with Gasteiger partial charge in [0.25, 0.3) is 11.8 Å². The van der Waals surface area contributed by atoms with Crippen molar-refractivity contribution in [1.82, 2.24) is 0 Å². The van der Waals surface area contributed by atoms with Gasteiger partial charge in [0, 0.05) is 11.1 Å². The van der Waals surface area contributed by atoms with Crippen LogP contribution < -0.4 is 15.8 Å². The number of carbonyl (C=O) groups is 2. The summed E-state index contributed by atoms with van der Waals surface area (Å²) in [6.07, 6.45) is 0. The number of anilines is 1. The van der Waals surface area contributed by atoms with E-state index in [1.165, 1.54) is 6.07 Å². The van der Waals surface area contributed by atoms with Gasteiger partial charge in [-0.05, 0) is 35.9 Å². The minimum absolute atomic E-state index is 0.0734. The minimum atomic E-state index is -0.712. The van der Waals surface area contributed by atoms with Crippen molar-refractivity contribution in [3.8, 4) is 16.9 Å². The SMILES string of the molecule is COc1ccc(C(=O)Nc2cccc(Cl)c2C(N)=O)cc1-c1ccccc1. The Morgan fingerprint density at radius 1 is 1.00 bits per heavy atom. The molecule has 0 saturated carbocycles. The predicted octanol–water partition coefficient (Wildman–Crippen LogP) is 4.37. The molecule has 0 heterocycles. The van der Waals surface area contributed by atoms with E-state index in [1.807, 2.05) is 30.3 Å². The number of ether oxygens (including phenoxy) is 1. The lowest BCUT2D eigenvalue weighted by atomic mass is 10.0. The lowest BCUT2D eigenvalue weighted by Crippen LogP contribution is -2.18. The highest BCUT2D eigenvalue weighted by molar-refractivity contribution is 6.34. The first kappa shape index (κ1) is 18.5. The Hall–Kier alpha value is -3.31. The fourth-order valence-electron chi connectivity index (χ4n) is 2.77. The highest BCUT2D eigenvalue weighted by Crippen LogP contribution is 2.31. The Morgan fingerprint density at radius 2 is 1.74 bits per heavy atom. The molecule has 0 aliphatic carbocycles. The number of primary amides is 1. The average molecular weight is 381 g/mol. The number of nitrogens with two attached hydrogens (primary N) is 1. The number of halogens is 1. The zero-order valence-electron chi connectivity index (χ0n) is 14.5. The quantitative estimate of drug-likeness (QED) is 0.689. The van der Waals surface area contributed by atoms with Gasteiger partial charge < -0.3 is 15.8 Å². The summed E-state index contributed by atoms with van der Waals surface area (Å²) in [5, 5.41) is 2.88. The van der Waals surface area contributed by atoms with E-state index in [9.17, 15) is 9.59 Å². The van der Waals surface area contributed by atoms with Crippen molar-refractivity contribution < 1.29 is 14.3 Å². The lowest BCUT2D eigenvalue weighted by Gasteiger charge is -2.13. The van der Waals surface area contributed by atoms with Gasteiger partial charge in [0.15, 0.2) is 0 Å². The standard InChI is InChI=1S/C21H17ClN2O3/c1-27-18-11-10-14(12-15(18)13-6-3-2-4-7-13)21(26)24-17-9-5-8-16(22)19(17)20(23)25/h2-12H,1H3,(H2,23,25)(H,24,26). The lowest BCUT2D eigenvalue weighted by molar-refractivity contribution is 0.100. The van der Waals surface area contributed by atoms with Crippen molar-refractivity contribution in [3.05, 3.63) is 82.9 Å². The number of carbonyl (C=O) groups excluding carboxylic acids is 2. The summed E-state index contributed by atoms with van der Waals surface area (Å²) in [4.78, 5) is 24.4. The van der Waals surface area contributed by atoms with Crippen molar-refractivity contribution in [2.75, 3.05) is 12.4 Å². The molecule has 0 radical (unpaired) electrons. The van der Waals surface area contributed by atoms with Crippen molar-refractivity contribution in [3.63, 3.8) is 0 Å². The van der Waals surface area contributed by atoms with Gasteiger partial charge in [0.1, 0.15) is 5.75 Å². The van der Waals surface area contributed by atoms with Crippen LogP contribution in [0.5, 0.6) is 5.75 Å². The summed E-state index contributed by atoms with van der Waals surface area (Å²) in [5.74, 6) is -0.450. The number of nitrogens with one attached hydrogen (secondary N) is 1. The molecule has 0 aliphatic rings. The van der Waals surface area contributed by atoms with Crippen LogP contribution in [-0.4, -0.2) is 18.9 Å². The molecule has 6 heteroatoms. The van der Waals surface area contributed by atoms with Crippen LogP contribution in [0.2, 0.25) is 5.02 Å². The fraction of sp³-hybridized carbons (Fsp3) is 0.0476. The number of rotatable bonds is 5. The Bertz CT molecular complexity index is 1000. The van der Waals surface area contributed by atoms with Gasteiger partial charge in [-0.25, -0.2) is 0 Å². The van der Waals surface area contributed by atoms with E-state index in [0.717, 1.165) is 11.1 Å². The molecule has 3 N–H and O–H groups in total. The van der Waals surface area contributed by atoms with Crippen LogP contribution in [0.25, 0.3) is 11.1 Å². The first-order valence-electron chi connectivity index (χ1n) is 8.14. The molecule has 0 atom stereocenters. The molecule has 0 fully saturated rings. The number of hydrogen-bond donors (Lipinski definition) is 2. The van der Waals surface area contributed by atoms with Crippen molar-refractivity contribution >= 4 is 29.1 Å². The molecule has 136 valence electrons.